The molecule has 0 radical (unpaired) electrons. The number of rotatable bonds is 4. The van der Waals surface area contributed by atoms with Crippen LogP contribution in [0.5, 0.6) is 5.75 Å². The number of nitrogens with one attached hydrogen (secondary N) is 1. The summed E-state index contributed by atoms with van der Waals surface area (Å²) in [6.07, 6.45) is -4.45. The Morgan fingerprint density at radius 2 is 1.67 bits per heavy atom. The van der Waals surface area contributed by atoms with Gasteiger partial charge in [0.25, 0.3) is 17.7 Å². The summed E-state index contributed by atoms with van der Waals surface area (Å²) in [4.78, 5) is 36.7. The monoisotopic (exact) mass is 378 g/mol. The molecule has 140 valence electrons. The van der Waals surface area contributed by atoms with Crippen LogP contribution in [0.15, 0.2) is 42.5 Å². The van der Waals surface area contributed by atoms with E-state index in [1.54, 1.807) is 0 Å². The van der Waals surface area contributed by atoms with Crippen LogP contribution < -0.4 is 10.1 Å². The highest BCUT2D eigenvalue weighted by Gasteiger charge is 2.33. The summed E-state index contributed by atoms with van der Waals surface area (Å²) in [6, 6.07) is 8.23. The minimum atomic E-state index is -4.45. The molecule has 6 nitrogen and oxygen atoms in total. The summed E-state index contributed by atoms with van der Waals surface area (Å²) in [5.74, 6) is -1.35. The third kappa shape index (κ3) is 3.76. The van der Waals surface area contributed by atoms with Crippen LogP contribution in [0.1, 0.15) is 26.3 Å². The van der Waals surface area contributed by atoms with Crippen molar-refractivity contribution in [3.05, 3.63) is 59.2 Å². The lowest BCUT2D eigenvalue weighted by Crippen LogP contribution is -2.24. The predicted molar refractivity (Wildman–Crippen MR) is 88.4 cm³/mol. The molecule has 3 rings (SSSR count). The molecule has 0 aromatic heterocycles. The molecule has 2 aromatic rings. The van der Waals surface area contributed by atoms with Gasteiger partial charge in [-0.1, -0.05) is 0 Å². The first-order valence-corrected chi connectivity index (χ1v) is 7.73. The van der Waals surface area contributed by atoms with E-state index in [2.05, 4.69) is 5.32 Å². The molecule has 27 heavy (non-hydrogen) atoms. The molecular formula is C18H13F3N2O4. The Labute approximate surface area is 151 Å². The maximum atomic E-state index is 12.5. The van der Waals surface area contributed by atoms with Crippen molar-refractivity contribution >= 4 is 23.4 Å². The maximum Gasteiger partial charge on any atom is 0.416 e. The van der Waals surface area contributed by atoms with Crippen LogP contribution in [0.2, 0.25) is 0 Å². The number of hydrogen-bond donors (Lipinski definition) is 1. The molecule has 2 aromatic carbocycles. The largest absolute Gasteiger partial charge is 0.484 e. The highest BCUT2D eigenvalue weighted by Crippen LogP contribution is 2.30. The molecular weight excluding hydrogens is 365 g/mol. The zero-order valence-electron chi connectivity index (χ0n) is 14.0. The average molecular weight is 378 g/mol. The van der Waals surface area contributed by atoms with Crippen LogP contribution in [0.3, 0.4) is 0 Å². The number of fused-ring (bicyclic) bond motifs is 1. The van der Waals surface area contributed by atoms with Gasteiger partial charge in [-0.25, -0.2) is 0 Å². The lowest BCUT2D eigenvalue weighted by atomic mass is 10.1. The maximum absolute atomic E-state index is 12.5. The van der Waals surface area contributed by atoms with E-state index in [1.165, 1.54) is 25.2 Å². The Kier molecular flexibility index (Phi) is 4.61. The van der Waals surface area contributed by atoms with Crippen LogP contribution in [-0.2, 0) is 11.0 Å². The van der Waals surface area contributed by atoms with Gasteiger partial charge in [0.05, 0.1) is 16.7 Å². The van der Waals surface area contributed by atoms with Crippen molar-refractivity contribution < 1.29 is 32.3 Å². The Morgan fingerprint density at radius 1 is 1.04 bits per heavy atom. The number of nitrogens with zero attached hydrogens (tertiary/aromatic N) is 1. The fourth-order valence-corrected chi connectivity index (χ4v) is 2.53. The van der Waals surface area contributed by atoms with Crippen LogP contribution in [-0.4, -0.2) is 36.3 Å². The van der Waals surface area contributed by atoms with Crippen molar-refractivity contribution in [3.63, 3.8) is 0 Å². The SMILES string of the molecule is CN1C(=O)c2ccc(NC(=O)COc3ccc(C(F)(F)F)cc3)cc2C1=O. The molecule has 1 heterocycles. The topological polar surface area (TPSA) is 75.7 Å². The summed E-state index contributed by atoms with van der Waals surface area (Å²) < 4.78 is 42.6. The van der Waals surface area contributed by atoms with Crippen molar-refractivity contribution in [2.45, 2.75) is 6.18 Å². The summed E-state index contributed by atoms with van der Waals surface area (Å²) in [5.41, 5.74) is -0.0849. The van der Waals surface area contributed by atoms with Crippen LogP contribution >= 0.6 is 0 Å². The van der Waals surface area contributed by atoms with E-state index in [0.717, 1.165) is 29.2 Å². The molecule has 0 saturated carbocycles. The molecule has 0 bridgehead atoms. The van der Waals surface area contributed by atoms with Gasteiger partial charge in [-0.2, -0.15) is 13.2 Å². The Bertz CT molecular complexity index is 923. The highest BCUT2D eigenvalue weighted by atomic mass is 19.4. The third-order valence-electron chi connectivity index (χ3n) is 3.92. The van der Waals surface area contributed by atoms with Crippen molar-refractivity contribution in [1.29, 1.82) is 0 Å². The summed E-state index contributed by atoms with van der Waals surface area (Å²) in [5, 5.41) is 2.50. The van der Waals surface area contributed by atoms with Crippen molar-refractivity contribution in [1.82, 2.24) is 4.90 Å². The quantitative estimate of drug-likeness (QED) is 0.830. The molecule has 1 aliphatic heterocycles. The Hall–Kier alpha value is -3.36. The summed E-state index contributed by atoms with van der Waals surface area (Å²) in [7, 11) is 1.36. The molecule has 0 spiro atoms. The second-order valence-corrected chi connectivity index (χ2v) is 5.79. The molecule has 3 amide bonds. The van der Waals surface area contributed by atoms with E-state index in [1.807, 2.05) is 0 Å². The second-order valence-electron chi connectivity index (χ2n) is 5.79. The van der Waals surface area contributed by atoms with E-state index in [-0.39, 0.29) is 16.9 Å². The molecule has 0 saturated heterocycles. The molecule has 0 aliphatic carbocycles. The van der Waals surface area contributed by atoms with Crippen LogP contribution in [0, 0.1) is 0 Å². The second kappa shape index (κ2) is 6.75. The first kappa shape index (κ1) is 18.4. The zero-order valence-corrected chi connectivity index (χ0v) is 14.0. The number of halogens is 3. The van der Waals surface area contributed by atoms with Crippen molar-refractivity contribution in [3.8, 4) is 5.75 Å². The summed E-state index contributed by atoms with van der Waals surface area (Å²) >= 11 is 0. The van der Waals surface area contributed by atoms with E-state index in [0.29, 0.717) is 5.69 Å². The number of ether oxygens (including phenoxy) is 1. The van der Waals surface area contributed by atoms with Gasteiger partial charge in [-0.05, 0) is 42.5 Å². The van der Waals surface area contributed by atoms with Gasteiger partial charge >= 0.3 is 6.18 Å². The fraction of sp³-hybridized carbons (Fsp3) is 0.167. The normalized spacial score (nSPS) is 13.6. The molecule has 0 unspecified atom stereocenters. The molecule has 0 atom stereocenters. The molecule has 0 fully saturated rings. The van der Waals surface area contributed by atoms with E-state index in [9.17, 15) is 27.6 Å². The number of anilines is 1. The lowest BCUT2D eigenvalue weighted by molar-refractivity contribution is -0.137. The van der Waals surface area contributed by atoms with Crippen LogP contribution in [0.4, 0.5) is 18.9 Å². The number of benzene rings is 2. The first-order valence-electron chi connectivity index (χ1n) is 7.73. The lowest BCUT2D eigenvalue weighted by Gasteiger charge is -2.10. The van der Waals surface area contributed by atoms with E-state index < -0.39 is 36.1 Å². The van der Waals surface area contributed by atoms with Gasteiger partial charge in [0, 0.05) is 12.7 Å². The number of carbonyl (C=O) groups is 3. The Morgan fingerprint density at radius 3 is 2.30 bits per heavy atom. The third-order valence-corrected chi connectivity index (χ3v) is 3.92. The molecule has 1 aliphatic rings. The van der Waals surface area contributed by atoms with Gasteiger partial charge < -0.3 is 10.1 Å². The van der Waals surface area contributed by atoms with E-state index >= 15 is 0 Å². The number of amides is 3. The Balaban J connectivity index is 1.61. The van der Waals surface area contributed by atoms with Gasteiger partial charge in [0.2, 0.25) is 0 Å². The number of carbonyl (C=O) groups excluding carboxylic acids is 3. The van der Waals surface area contributed by atoms with Gasteiger partial charge in [0.15, 0.2) is 6.61 Å². The van der Waals surface area contributed by atoms with Crippen molar-refractivity contribution in [2.75, 3.05) is 19.0 Å². The summed E-state index contributed by atoms with van der Waals surface area (Å²) in [6.45, 7) is -0.435. The van der Waals surface area contributed by atoms with Crippen molar-refractivity contribution in [2.24, 2.45) is 0 Å². The molecule has 9 heteroatoms. The smallest absolute Gasteiger partial charge is 0.416 e. The standard InChI is InChI=1S/C18H13F3N2O4/c1-23-16(25)13-7-4-11(8-14(13)17(23)26)22-15(24)9-27-12-5-2-10(3-6-12)18(19,20)21/h2-8H,9H2,1H3,(H,22,24). The zero-order chi connectivity index (χ0) is 19.8. The number of imide groups is 1. The fourth-order valence-electron chi connectivity index (χ4n) is 2.53. The predicted octanol–water partition coefficient (Wildman–Crippen LogP) is 2.95. The first-order chi connectivity index (χ1) is 12.7. The van der Waals surface area contributed by atoms with Gasteiger partial charge in [0.1, 0.15) is 5.75 Å². The number of hydrogen-bond acceptors (Lipinski definition) is 4. The van der Waals surface area contributed by atoms with E-state index in [4.69, 9.17) is 4.74 Å². The van der Waals surface area contributed by atoms with Gasteiger partial charge in [-0.15, -0.1) is 0 Å². The minimum absolute atomic E-state index is 0.106. The minimum Gasteiger partial charge on any atom is -0.484 e. The van der Waals surface area contributed by atoms with Gasteiger partial charge in [-0.3, -0.25) is 19.3 Å². The number of alkyl halides is 3. The highest BCUT2D eigenvalue weighted by molar-refractivity contribution is 6.21. The van der Waals surface area contributed by atoms with Crippen LogP contribution in [0.25, 0.3) is 0 Å². The molecule has 1 N–H and O–H groups in total. The average Bonchev–Trinajstić information content (AvgIpc) is 2.84.